The molecule has 1 fully saturated rings. The molecule has 1 N–H and O–H groups in total. The summed E-state index contributed by atoms with van der Waals surface area (Å²) in [6, 6.07) is 0. The molecule has 140 valence electrons. The van der Waals surface area contributed by atoms with Gasteiger partial charge in [-0.15, -0.1) is 0 Å². The first-order chi connectivity index (χ1) is 12.5. The Bertz CT molecular complexity index is 729. The van der Waals surface area contributed by atoms with Crippen molar-refractivity contribution >= 4 is 5.91 Å². The Morgan fingerprint density at radius 1 is 1.27 bits per heavy atom. The van der Waals surface area contributed by atoms with E-state index in [0.29, 0.717) is 25.2 Å². The fourth-order valence-corrected chi connectivity index (χ4v) is 3.22. The van der Waals surface area contributed by atoms with Crippen LogP contribution in [0.15, 0.2) is 16.9 Å². The van der Waals surface area contributed by atoms with Crippen LogP contribution in [-0.2, 0) is 28.1 Å². The Morgan fingerprint density at radius 2 is 2.04 bits per heavy atom. The summed E-state index contributed by atoms with van der Waals surface area (Å²) in [5.74, 6) is 1.47. The third kappa shape index (κ3) is 4.27. The maximum atomic E-state index is 12.1. The molecule has 0 spiro atoms. The van der Waals surface area contributed by atoms with E-state index in [2.05, 4.69) is 20.4 Å². The monoisotopic (exact) mass is 358 g/mol. The summed E-state index contributed by atoms with van der Waals surface area (Å²) in [5, 5.41) is 6.81. The number of amides is 1. The lowest BCUT2D eigenvalue weighted by atomic mass is 9.95. The number of hydrogen-bond donors (Lipinski definition) is 1. The highest BCUT2D eigenvalue weighted by Crippen LogP contribution is 2.32. The minimum atomic E-state index is -0.394. The number of nitrogens with one attached hydrogen (secondary N) is 1. The number of nitrogens with zero attached hydrogens (tertiary/aromatic N) is 3. The molecule has 7 nitrogen and oxygen atoms in total. The van der Waals surface area contributed by atoms with Crippen LogP contribution >= 0.6 is 0 Å². The maximum Gasteiger partial charge on any atom is 0.220 e. The lowest BCUT2D eigenvalue weighted by Crippen LogP contribution is -2.32. The highest BCUT2D eigenvalue weighted by Gasteiger charge is 2.32. The van der Waals surface area contributed by atoms with E-state index in [9.17, 15) is 4.79 Å². The summed E-state index contributed by atoms with van der Waals surface area (Å²) in [6.45, 7) is 6.96. The molecule has 0 saturated carbocycles. The minimum absolute atomic E-state index is 0.0170. The zero-order chi connectivity index (χ0) is 18.6. The van der Waals surface area contributed by atoms with Gasteiger partial charge >= 0.3 is 0 Å². The van der Waals surface area contributed by atoms with Crippen molar-refractivity contribution in [1.29, 1.82) is 0 Å². The SMILES string of the molecule is Cc1noc(C)c1CCC(=O)NCc1cnc(C2(C)CCCCO2)nc1. The molecule has 3 rings (SSSR count). The van der Waals surface area contributed by atoms with Crippen LogP contribution in [0, 0.1) is 13.8 Å². The van der Waals surface area contributed by atoms with E-state index in [-0.39, 0.29) is 5.91 Å². The number of aromatic nitrogens is 3. The topological polar surface area (TPSA) is 90.1 Å². The molecule has 1 aliphatic heterocycles. The quantitative estimate of drug-likeness (QED) is 0.854. The first-order valence-electron chi connectivity index (χ1n) is 9.12. The van der Waals surface area contributed by atoms with Crippen molar-refractivity contribution in [2.24, 2.45) is 0 Å². The van der Waals surface area contributed by atoms with E-state index < -0.39 is 5.60 Å². The Balaban J connectivity index is 1.49. The molecule has 0 aliphatic carbocycles. The summed E-state index contributed by atoms with van der Waals surface area (Å²) in [4.78, 5) is 21.0. The van der Waals surface area contributed by atoms with Gasteiger partial charge in [0.25, 0.3) is 0 Å². The van der Waals surface area contributed by atoms with Crippen molar-refractivity contribution < 1.29 is 14.1 Å². The molecule has 1 amide bonds. The van der Waals surface area contributed by atoms with Crippen LogP contribution in [0.2, 0.25) is 0 Å². The molecule has 1 atom stereocenters. The Morgan fingerprint density at radius 3 is 2.65 bits per heavy atom. The van der Waals surface area contributed by atoms with Crippen LogP contribution in [0.5, 0.6) is 0 Å². The molecule has 0 radical (unpaired) electrons. The molecule has 2 aromatic rings. The smallest absolute Gasteiger partial charge is 0.220 e. The van der Waals surface area contributed by atoms with Crippen molar-refractivity contribution in [3.63, 3.8) is 0 Å². The summed E-state index contributed by atoms with van der Waals surface area (Å²) in [5.41, 5.74) is 2.33. The van der Waals surface area contributed by atoms with Crippen LogP contribution in [0.3, 0.4) is 0 Å². The first-order valence-corrected chi connectivity index (χ1v) is 9.12. The third-order valence-electron chi connectivity index (χ3n) is 4.92. The molecule has 26 heavy (non-hydrogen) atoms. The average molecular weight is 358 g/mol. The molecule has 1 saturated heterocycles. The van der Waals surface area contributed by atoms with Gasteiger partial charge in [-0.2, -0.15) is 0 Å². The summed E-state index contributed by atoms with van der Waals surface area (Å²) < 4.78 is 11.0. The Hall–Kier alpha value is -2.28. The van der Waals surface area contributed by atoms with Crippen molar-refractivity contribution in [1.82, 2.24) is 20.4 Å². The second kappa shape index (κ2) is 7.95. The van der Waals surface area contributed by atoms with Crippen LogP contribution in [0.1, 0.15) is 61.0 Å². The summed E-state index contributed by atoms with van der Waals surface area (Å²) in [7, 11) is 0. The number of ether oxygens (including phenoxy) is 1. The van der Waals surface area contributed by atoms with E-state index in [1.54, 1.807) is 12.4 Å². The van der Waals surface area contributed by atoms with Crippen molar-refractivity contribution in [3.05, 3.63) is 40.8 Å². The highest BCUT2D eigenvalue weighted by molar-refractivity contribution is 5.76. The lowest BCUT2D eigenvalue weighted by molar-refractivity contribution is -0.121. The van der Waals surface area contributed by atoms with Crippen LogP contribution in [-0.4, -0.2) is 27.6 Å². The van der Waals surface area contributed by atoms with Gasteiger partial charge in [0.05, 0.1) is 5.69 Å². The summed E-state index contributed by atoms with van der Waals surface area (Å²) in [6.07, 6.45) is 7.70. The van der Waals surface area contributed by atoms with E-state index >= 15 is 0 Å². The average Bonchev–Trinajstić information content (AvgIpc) is 2.97. The predicted molar refractivity (Wildman–Crippen MR) is 95.3 cm³/mol. The van der Waals surface area contributed by atoms with Gasteiger partial charge in [0, 0.05) is 43.1 Å². The van der Waals surface area contributed by atoms with Gasteiger partial charge < -0.3 is 14.6 Å². The Kier molecular flexibility index (Phi) is 5.66. The first kappa shape index (κ1) is 18.5. The molecule has 0 bridgehead atoms. The van der Waals surface area contributed by atoms with Gasteiger partial charge in [0.1, 0.15) is 11.4 Å². The fraction of sp³-hybridized carbons (Fsp3) is 0.579. The number of aryl methyl sites for hydroxylation is 2. The molecular formula is C19H26N4O3. The highest BCUT2D eigenvalue weighted by atomic mass is 16.5. The maximum absolute atomic E-state index is 12.1. The second-order valence-corrected chi connectivity index (χ2v) is 7.03. The second-order valence-electron chi connectivity index (χ2n) is 7.03. The van der Waals surface area contributed by atoms with Gasteiger partial charge in [-0.1, -0.05) is 5.16 Å². The van der Waals surface area contributed by atoms with Crippen molar-refractivity contribution in [3.8, 4) is 0 Å². The number of carbonyl (C=O) groups excluding carboxylic acids is 1. The third-order valence-corrected chi connectivity index (χ3v) is 4.92. The number of rotatable bonds is 6. The van der Waals surface area contributed by atoms with Gasteiger partial charge in [-0.05, 0) is 46.5 Å². The number of hydrogen-bond acceptors (Lipinski definition) is 6. The van der Waals surface area contributed by atoms with Crippen LogP contribution in [0.25, 0.3) is 0 Å². The van der Waals surface area contributed by atoms with Crippen LogP contribution in [0.4, 0.5) is 0 Å². The molecule has 1 aliphatic rings. The van der Waals surface area contributed by atoms with Gasteiger partial charge in [-0.3, -0.25) is 4.79 Å². The normalized spacial score (nSPS) is 20.1. The lowest BCUT2D eigenvalue weighted by Gasteiger charge is -2.32. The van der Waals surface area contributed by atoms with E-state index in [1.165, 1.54) is 0 Å². The number of carbonyl (C=O) groups is 1. The van der Waals surface area contributed by atoms with Crippen molar-refractivity contribution in [2.75, 3.05) is 6.61 Å². The van der Waals surface area contributed by atoms with Crippen LogP contribution < -0.4 is 5.32 Å². The molecular weight excluding hydrogens is 332 g/mol. The Labute approximate surface area is 153 Å². The largest absolute Gasteiger partial charge is 0.367 e. The molecule has 3 heterocycles. The van der Waals surface area contributed by atoms with E-state index in [4.69, 9.17) is 9.26 Å². The molecule has 7 heteroatoms. The zero-order valence-electron chi connectivity index (χ0n) is 15.7. The van der Waals surface area contributed by atoms with E-state index in [1.807, 2.05) is 20.8 Å². The zero-order valence-corrected chi connectivity index (χ0v) is 15.7. The predicted octanol–water partition coefficient (Wildman–Crippen LogP) is 2.75. The van der Waals surface area contributed by atoms with Crippen molar-refractivity contribution in [2.45, 2.75) is 65.0 Å². The molecule has 1 unspecified atom stereocenters. The van der Waals surface area contributed by atoms with Gasteiger partial charge in [0.2, 0.25) is 5.91 Å². The van der Waals surface area contributed by atoms with Gasteiger partial charge in [-0.25, -0.2) is 9.97 Å². The standard InChI is InChI=1S/C19H26N4O3/c1-13-16(14(2)26-23-13)6-7-17(24)20-10-15-11-21-18(22-12-15)19(3)8-4-5-9-25-19/h11-12H,4-10H2,1-3H3,(H,20,24). The van der Waals surface area contributed by atoms with Gasteiger partial charge in [0.15, 0.2) is 5.82 Å². The van der Waals surface area contributed by atoms with E-state index in [0.717, 1.165) is 48.5 Å². The molecule has 2 aromatic heterocycles. The fourth-order valence-electron chi connectivity index (χ4n) is 3.22. The molecule has 0 aromatic carbocycles. The minimum Gasteiger partial charge on any atom is -0.367 e. The summed E-state index contributed by atoms with van der Waals surface area (Å²) >= 11 is 0.